The average Bonchev–Trinajstić information content (AvgIpc) is 3.15. The molecule has 0 unspecified atom stereocenters. The highest BCUT2D eigenvalue weighted by Crippen LogP contribution is 2.34. The predicted octanol–water partition coefficient (Wildman–Crippen LogP) is 3.39. The summed E-state index contributed by atoms with van der Waals surface area (Å²) in [6.45, 7) is 0. The number of benzene rings is 2. The van der Waals surface area contributed by atoms with Gasteiger partial charge in [-0.15, -0.1) is 0 Å². The van der Waals surface area contributed by atoms with Gasteiger partial charge >= 0.3 is 12.1 Å². The smallest absolute Gasteiger partial charge is 0.416 e. The third kappa shape index (κ3) is 3.98. The van der Waals surface area contributed by atoms with E-state index in [0.717, 1.165) is 36.4 Å². The fraction of sp³-hybridized carbons (Fsp3) is 0.0588. The van der Waals surface area contributed by atoms with Gasteiger partial charge in [-0.3, -0.25) is 4.72 Å². The fourth-order valence-corrected chi connectivity index (χ4v) is 3.45. The average molecular weight is 411 g/mol. The molecule has 11 heteroatoms. The van der Waals surface area contributed by atoms with E-state index in [1.165, 1.54) is 23.1 Å². The molecule has 1 aromatic heterocycles. The topological polar surface area (TPSA) is 101 Å². The molecule has 28 heavy (non-hydrogen) atoms. The van der Waals surface area contributed by atoms with Crippen molar-refractivity contribution in [3.05, 3.63) is 72.1 Å². The second kappa shape index (κ2) is 7.00. The lowest BCUT2D eigenvalue weighted by Gasteiger charge is -2.15. The van der Waals surface area contributed by atoms with E-state index in [-0.39, 0.29) is 21.8 Å². The quantitative estimate of drug-likeness (QED) is 0.670. The summed E-state index contributed by atoms with van der Waals surface area (Å²) in [5.74, 6) is -1.24. The monoisotopic (exact) mass is 411 g/mol. The summed E-state index contributed by atoms with van der Waals surface area (Å²) in [7, 11) is -4.28. The van der Waals surface area contributed by atoms with E-state index in [4.69, 9.17) is 5.11 Å². The standard InChI is InChI=1S/C17H12F3N3O4S/c18-17(19,20)12-4-7-15(23-9-1-8-21-23)14(10-12)22-28(26,27)13-5-2-11(3-6-13)16(24)25/h1-10,22H,(H,24,25). The summed E-state index contributed by atoms with van der Waals surface area (Å²) in [4.78, 5) is 10.6. The van der Waals surface area contributed by atoms with Crippen molar-refractivity contribution in [1.29, 1.82) is 0 Å². The number of aromatic nitrogens is 2. The minimum Gasteiger partial charge on any atom is -0.478 e. The first-order valence-corrected chi connectivity index (χ1v) is 9.14. The highest BCUT2D eigenvalue weighted by Gasteiger charge is 2.32. The lowest BCUT2D eigenvalue weighted by molar-refractivity contribution is -0.137. The lowest BCUT2D eigenvalue weighted by Crippen LogP contribution is -2.16. The third-order valence-corrected chi connectivity index (χ3v) is 5.11. The van der Waals surface area contributed by atoms with Gasteiger partial charge in [-0.2, -0.15) is 18.3 Å². The summed E-state index contributed by atoms with van der Waals surface area (Å²) in [6, 6.07) is 8.37. The summed E-state index contributed by atoms with van der Waals surface area (Å²) >= 11 is 0. The van der Waals surface area contributed by atoms with Crippen molar-refractivity contribution < 1.29 is 31.5 Å². The van der Waals surface area contributed by atoms with Crippen LogP contribution in [0.15, 0.2) is 65.8 Å². The van der Waals surface area contributed by atoms with Crippen LogP contribution in [0.1, 0.15) is 15.9 Å². The molecule has 0 aliphatic carbocycles. The van der Waals surface area contributed by atoms with Crippen LogP contribution in [0.3, 0.4) is 0 Å². The first-order chi connectivity index (χ1) is 13.1. The number of carboxylic acid groups (broad SMARTS) is 1. The van der Waals surface area contributed by atoms with E-state index in [2.05, 4.69) is 9.82 Å². The number of alkyl halides is 3. The number of sulfonamides is 1. The molecule has 0 saturated carbocycles. The van der Waals surface area contributed by atoms with Gasteiger partial charge in [0.25, 0.3) is 10.0 Å². The minimum absolute atomic E-state index is 0.0868. The van der Waals surface area contributed by atoms with Crippen molar-refractivity contribution in [3.63, 3.8) is 0 Å². The van der Waals surface area contributed by atoms with Gasteiger partial charge in [0, 0.05) is 12.4 Å². The van der Waals surface area contributed by atoms with Gasteiger partial charge in [-0.25, -0.2) is 17.9 Å². The lowest BCUT2D eigenvalue weighted by atomic mass is 10.1. The highest BCUT2D eigenvalue weighted by molar-refractivity contribution is 7.92. The van der Waals surface area contributed by atoms with E-state index in [1.807, 2.05) is 0 Å². The number of carboxylic acids is 1. The van der Waals surface area contributed by atoms with Crippen LogP contribution in [0.4, 0.5) is 18.9 Å². The second-order valence-corrected chi connectivity index (χ2v) is 7.30. The molecule has 3 rings (SSSR count). The molecule has 0 amide bonds. The van der Waals surface area contributed by atoms with E-state index < -0.39 is 27.7 Å². The zero-order valence-electron chi connectivity index (χ0n) is 13.9. The molecule has 0 radical (unpaired) electrons. The molecule has 0 saturated heterocycles. The van der Waals surface area contributed by atoms with E-state index in [0.29, 0.717) is 6.07 Å². The Morgan fingerprint density at radius 3 is 2.32 bits per heavy atom. The van der Waals surface area contributed by atoms with Crippen LogP contribution < -0.4 is 4.72 Å². The molecule has 2 N–H and O–H groups in total. The zero-order valence-corrected chi connectivity index (χ0v) is 14.7. The normalized spacial score (nSPS) is 12.0. The van der Waals surface area contributed by atoms with Gasteiger partial charge in [0.05, 0.1) is 27.4 Å². The largest absolute Gasteiger partial charge is 0.478 e. The number of rotatable bonds is 5. The number of nitrogens with one attached hydrogen (secondary N) is 1. The summed E-state index contributed by atoms with van der Waals surface area (Å²) < 4.78 is 67.7. The summed E-state index contributed by atoms with van der Waals surface area (Å²) in [5.41, 5.74) is -1.41. The van der Waals surface area contributed by atoms with E-state index in [9.17, 15) is 26.4 Å². The van der Waals surface area contributed by atoms with Crippen LogP contribution in [-0.4, -0.2) is 29.3 Å². The number of carbonyl (C=O) groups is 1. The molecule has 0 aliphatic heterocycles. The van der Waals surface area contributed by atoms with Crippen molar-refractivity contribution in [2.75, 3.05) is 4.72 Å². The first kappa shape index (κ1) is 19.4. The maximum atomic E-state index is 13.1. The highest BCUT2D eigenvalue weighted by atomic mass is 32.2. The molecule has 3 aromatic rings. The molecular formula is C17H12F3N3O4S. The van der Waals surface area contributed by atoms with Crippen LogP contribution >= 0.6 is 0 Å². The molecular weight excluding hydrogens is 399 g/mol. The van der Waals surface area contributed by atoms with Crippen LogP contribution in [0.2, 0.25) is 0 Å². The number of hydrogen-bond donors (Lipinski definition) is 2. The second-order valence-electron chi connectivity index (χ2n) is 5.62. The van der Waals surface area contributed by atoms with Crippen molar-refractivity contribution in [2.45, 2.75) is 11.1 Å². The predicted molar refractivity (Wildman–Crippen MR) is 92.8 cm³/mol. The van der Waals surface area contributed by atoms with Crippen molar-refractivity contribution in [3.8, 4) is 5.69 Å². The number of hydrogen-bond acceptors (Lipinski definition) is 4. The maximum Gasteiger partial charge on any atom is 0.416 e. The number of nitrogens with zero attached hydrogens (tertiary/aromatic N) is 2. The Morgan fingerprint density at radius 2 is 1.79 bits per heavy atom. The Morgan fingerprint density at radius 1 is 1.11 bits per heavy atom. The molecule has 0 fully saturated rings. The summed E-state index contributed by atoms with van der Waals surface area (Å²) in [5, 5.41) is 12.8. The first-order valence-electron chi connectivity index (χ1n) is 7.65. The van der Waals surface area contributed by atoms with Gasteiger partial charge in [0.1, 0.15) is 0 Å². The molecule has 0 aliphatic rings. The molecule has 146 valence electrons. The number of anilines is 1. The molecule has 1 heterocycles. The SMILES string of the molecule is O=C(O)c1ccc(S(=O)(=O)Nc2cc(C(F)(F)F)ccc2-n2cccn2)cc1. The molecule has 0 atom stereocenters. The Hall–Kier alpha value is -3.34. The van der Waals surface area contributed by atoms with Gasteiger partial charge < -0.3 is 5.11 Å². The van der Waals surface area contributed by atoms with Crippen molar-refractivity contribution in [2.24, 2.45) is 0 Å². The minimum atomic E-state index is -4.67. The Kier molecular flexibility index (Phi) is 4.86. The summed E-state index contributed by atoms with van der Waals surface area (Å²) in [6.07, 6.45) is -1.84. The maximum absolute atomic E-state index is 13.1. The van der Waals surface area contributed by atoms with Crippen LogP contribution in [0.5, 0.6) is 0 Å². The van der Waals surface area contributed by atoms with Crippen LogP contribution in [-0.2, 0) is 16.2 Å². The van der Waals surface area contributed by atoms with Crippen molar-refractivity contribution >= 4 is 21.7 Å². The van der Waals surface area contributed by atoms with Gasteiger partial charge in [-0.05, 0) is 48.5 Å². The molecule has 0 spiro atoms. The van der Waals surface area contributed by atoms with Gasteiger partial charge in [-0.1, -0.05) is 0 Å². The van der Waals surface area contributed by atoms with Gasteiger partial charge in [0.2, 0.25) is 0 Å². The third-order valence-electron chi connectivity index (χ3n) is 3.73. The molecule has 0 bridgehead atoms. The Balaban J connectivity index is 2.05. The molecule has 7 nitrogen and oxygen atoms in total. The number of aromatic carboxylic acids is 1. The molecule has 2 aromatic carbocycles. The van der Waals surface area contributed by atoms with E-state index >= 15 is 0 Å². The Labute approximate surface area is 157 Å². The fourth-order valence-electron chi connectivity index (χ4n) is 2.39. The zero-order chi connectivity index (χ0) is 20.5. The van der Waals surface area contributed by atoms with Gasteiger partial charge in [0.15, 0.2) is 0 Å². The van der Waals surface area contributed by atoms with Crippen LogP contribution in [0, 0.1) is 0 Å². The van der Waals surface area contributed by atoms with Crippen molar-refractivity contribution in [1.82, 2.24) is 9.78 Å². The van der Waals surface area contributed by atoms with Crippen LogP contribution in [0.25, 0.3) is 5.69 Å². The Bertz CT molecular complexity index is 1110. The van der Waals surface area contributed by atoms with E-state index in [1.54, 1.807) is 0 Å². The number of halogens is 3.